The largest absolute Gasteiger partial charge is 0.372 e. The average Bonchev–Trinajstić information content (AvgIpc) is 2.71. The fourth-order valence-corrected chi connectivity index (χ4v) is 3.17. The number of carbonyl (C=O) groups is 1. The maximum atomic E-state index is 13.0. The number of carbonyl (C=O) groups excluding carboxylic acids is 1. The smallest absolute Gasteiger partial charge is 0.254 e. The highest BCUT2D eigenvalue weighted by molar-refractivity contribution is 5.94. The predicted molar refractivity (Wildman–Crippen MR) is 93.4 cm³/mol. The summed E-state index contributed by atoms with van der Waals surface area (Å²) in [7, 11) is 2.08. The van der Waals surface area contributed by atoms with Gasteiger partial charge in [0.15, 0.2) is 0 Å². The topological polar surface area (TPSA) is 49.6 Å². The molecule has 0 saturated heterocycles. The molecule has 1 unspecified atom stereocenters. The van der Waals surface area contributed by atoms with Gasteiger partial charge in [-0.05, 0) is 36.2 Å². The summed E-state index contributed by atoms with van der Waals surface area (Å²) in [5.41, 5.74) is 9.77. The molecule has 120 valence electrons. The normalized spacial score (nSPS) is 17.6. The van der Waals surface area contributed by atoms with E-state index in [-0.39, 0.29) is 11.9 Å². The molecule has 0 radical (unpaired) electrons. The number of nitrogens with zero attached hydrogens (tertiary/aromatic N) is 2. The Morgan fingerprint density at radius 2 is 1.87 bits per heavy atom. The van der Waals surface area contributed by atoms with Gasteiger partial charge in [0.05, 0.1) is 0 Å². The maximum Gasteiger partial charge on any atom is 0.254 e. The molecule has 0 saturated carbocycles. The number of amides is 1. The van der Waals surface area contributed by atoms with Gasteiger partial charge in [0.1, 0.15) is 0 Å². The summed E-state index contributed by atoms with van der Waals surface area (Å²) in [6, 6.07) is 16.0. The lowest BCUT2D eigenvalue weighted by molar-refractivity contribution is 0.0687. The second-order valence-electron chi connectivity index (χ2n) is 6.19. The molecule has 2 N–H and O–H groups in total. The van der Waals surface area contributed by atoms with Crippen LogP contribution in [0.5, 0.6) is 0 Å². The lowest BCUT2D eigenvalue weighted by Crippen LogP contribution is -2.41. The SMILES string of the molecule is CC1CN(C)c2ccccc2CN1C(=O)c1ccc(CN)cc1. The lowest BCUT2D eigenvalue weighted by Gasteiger charge is -2.28. The van der Waals surface area contributed by atoms with Gasteiger partial charge >= 0.3 is 0 Å². The van der Waals surface area contributed by atoms with Gasteiger partial charge in [-0.2, -0.15) is 0 Å². The summed E-state index contributed by atoms with van der Waals surface area (Å²) in [6.45, 7) is 4.06. The van der Waals surface area contributed by atoms with Gasteiger partial charge in [-0.25, -0.2) is 0 Å². The molecule has 1 heterocycles. The fourth-order valence-electron chi connectivity index (χ4n) is 3.17. The number of hydrogen-bond donors (Lipinski definition) is 1. The Morgan fingerprint density at radius 3 is 2.57 bits per heavy atom. The molecule has 1 aliphatic heterocycles. The Labute approximate surface area is 137 Å². The number of nitrogens with two attached hydrogens (primary N) is 1. The Bertz CT molecular complexity index is 696. The van der Waals surface area contributed by atoms with Crippen molar-refractivity contribution in [2.75, 3.05) is 18.5 Å². The van der Waals surface area contributed by atoms with E-state index >= 15 is 0 Å². The lowest BCUT2D eigenvalue weighted by atomic mass is 10.1. The quantitative estimate of drug-likeness (QED) is 0.928. The number of para-hydroxylation sites is 1. The molecule has 23 heavy (non-hydrogen) atoms. The molecule has 0 fully saturated rings. The second kappa shape index (κ2) is 6.42. The first-order chi connectivity index (χ1) is 11.1. The standard InChI is InChI=1S/C19H23N3O/c1-14-12-21(2)18-6-4-3-5-17(18)13-22(14)19(23)16-9-7-15(11-20)8-10-16/h3-10,14H,11-13,20H2,1-2H3. The van der Waals surface area contributed by atoms with Gasteiger partial charge in [0.25, 0.3) is 5.91 Å². The molecule has 0 spiro atoms. The molecule has 1 atom stereocenters. The molecule has 0 aliphatic carbocycles. The van der Waals surface area contributed by atoms with Crippen LogP contribution in [0, 0.1) is 0 Å². The first-order valence-electron chi connectivity index (χ1n) is 7.99. The molecule has 0 bridgehead atoms. The van der Waals surface area contributed by atoms with E-state index in [1.165, 1.54) is 11.3 Å². The first-order valence-corrected chi connectivity index (χ1v) is 7.99. The highest BCUT2D eigenvalue weighted by atomic mass is 16.2. The van der Waals surface area contributed by atoms with Gasteiger partial charge in [0, 0.05) is 44.0 Å². The van der Waals surface area contributed by atoms with Crippen molar-refractivity contribution in [2.45, 2.75) is 26.1 Å². The number of likely N-dealkylation sites (N-methyl/N-ethyl adjacent to an activating group) is 1. The van der Waals surface area contributed by atoms with E-state index in [9.17, 15) is 4.79 Å². The van der Waals surface area contributed by atoms with Crippen LogP contribution in [0.3, 0.4) is 0 Å². The number of anilines is 1. The van der Waals surface area contributed by atoms with Gasteiger partial charge in [-0.3, -0.25) is 4.79 Å². The molecule has 3 rings (SSSR count). The van der Waals surface area contributed by atoms with Gasteiger partial charge in [0.2, 0.25) is 0 Å². The summed E-state index contributed by atoms with van der Waals surface area (Å²) >= 11 is 0. The second-order valence-corrected chi connectivity index (χ2v) is 6.19. The van der Waals surface area contributed by atoms with Crippen molar-refractivity contribution >= 4 is 11.6 Å². The Balaban J connectivity index is 1.90. The van der Waals surface area contributed by atoms with Gasteiger partial charge in [-0.15, -0.1) is 0 Å². The predicted octanol–water partition coefficient (Wildman–Crippen LogP) is 2.63. The van der Waals surface area contributed by atoms with Crippen LogP contribution in [0.1, 0.15) is 28.4 Å². The summed E-state index contributed by atoms with van der Waals surface area (Å²) in [5, 5.41) is 0. The van der Waals surface area contributed by atoms with E-state index in [2.05, 4.69) is 31.0 Å². The highest BCUT2D eigenvalue weighted by Gasteiger charge is 2.27. The zero-order chi connectivity index (χ0) is 16.4. The molecule has 1 aliphatic rings. The van der Waals surface area contributed by atoms with E-state index in [1.54, 1.807) is 0 Å². The van der Waals surface area contributed by atoms with Crippen molar-refractivity contribution in [3.63, 3.8) is 0 Å². The van der Waals surface area contributed by atoms with E-state index in [4.69, 9.17) is 5.73 Å². The Morgan fingerprint density at radius 1 is 1.17 bits per heavy atom. The van der Waals surface area contributed by atoms with Gasteiger partial charge < -0.3 is 15.5 Å². The van der Waals surface area contributed by atoms with Crippen LogP contribution in [0.4, 0.5) is 5.69 Å². The van der Waals surface area contributed by atoms with E-state index in [0.717, 1.165) is 17.7 Å². The van der Waals surface area contributed by atoms with Crippen molar-refractivity contribution in [1.82, 2.24) is 4.90 Å². The van der Waals surface area contributed by atoms with Crippen LogP contribution in [0.2, 0.25) is 0 Å². The van der Waals surface area contributed by atoms with E-state index in [1.807, 2.05) is 41.3 Å². The number of benzene rings is 2. The number of fused-ring (bicyclic) bond motifs is 1. The van der Waals surface area contributed by atoms with Crippen LogP contribution < -0.4 is 10.6 Å². The highest BCUT2D eigenvalue weighted by Crippen LogP contribution is 2.27. The third kappa shape index (κ3) is 3.08. The minimum Gasteiger partial charge on any atom is -0.372 e. The average molecular weight is 309 g/mol. The first kappa shape index (κ1) is 15.6. The van der Waals surface area contributed by atoms with Gasteiger partial charge in [-0.1, -0.05) is 30.3 Å². The summed E-state index contributed by atoms with van der Waals surface area (Å²) in [4.78, 5) is 17.1. The number of rotatable bonds is 2. The summed E-state index contributed by atoms with van der Waals surface area (Å²) < 4.78 is 0. The summed E-state index contributed by atoms with van der Waals surface area (Å²) in [6.07, 6.45) is 0. The van der Waals surface area contributed by atoms with Crippen molar-refractivity contribution in [3.8, 4) is 0 Å². The molecule has 0 aromatic heterocycles. The van der Waals surface area contributed by atoms with Crippen LogP contribution >= 0.6 is 0 Å². The molecule has 2 aromatic rings. The van der Waals surface area contributed by atoms with E-state index < -0.39 is 0 Å². The third-order valence-corrected chi connectivity index (χ3v) is 4.51. The van der Waals surface area contributed by atoms with Crippen LogP contribution in [0.15, 0.2) is 48.5 Å². The minimum absolute atomic E-state index is 0.0752. The zero-order valence-electron chi connectivity index (χ0n) is 13.7. The molecule has 2 aromatic carbocycles. The molecule has 4 heteroatoms. The van der Waals surface area contributed by atoms with Crippen LogP contribution in [-0.4, -0.2) is 30.4 Å². The fraction of sp³-hybridized carbons (Fsp3) is 0.316. The van der Waals surface area contributed by atoms with Crippen LogP contribution in [-0.2, 0) is 13.1 Å². The molecular weight excluding hydrogens is 286 g/mol. The van der Waals surface area contributed by atoms with Crippen molar-refractivity contribution in [1.29, 1.82) is 0 Å². The molecule has 4 nitrogen and oxygen atoms in total. The zero-order valence-corrected chi connectivity index (χ0v) is 13.7. The summed E-state index contributed by atoms with van der Waals surface area (Å²) in [5.74, 6) is 0.0752. The van der Waals surface area contributed by atoms with Crippen molar-refractivity contribution in [2.24, 2.45) is 5.73 Å². The van der Waals surface area contributed by atoms with Crippen LogP contribution in [0.25, 0.3) is 0 Å². The Hall–Kier alpha value is -2.33. The van der Waals surface area contributed by atoms with Crippen molar-refractivity contribution in [3.05, 3.63) is 65.2 Å². The van der Waals surface area contributed by atoms with E-state index in [0.29, 0.717) is 13.1 Å². The Kier molecular flexibility index (Phi) is 4.35. The molecular formula is C19H23N3O. The third-order valence-electron chi connectivity index (χ3n) is 4.51. The maximum absolute atomic E-state index is 13.0. The van der Waals surface area contributed by atoms with Crippen molar-refractivity contribution < 1.29 is 4.79 Å². The molecule has 1 amide bonds. The monoisotopic (exact) mass is 309 g/mol. The minimum atomic E-state index is 0.0752. The number of hydrogen-bond acceptors (Lipinski definition) is 3.